The zero-order chi connectivity index (χ0) is 18.6. The molecule has 0 radical (unpaired) electrons. The van der Waals surface area contributed by atoms with E-state index in [1.807, 2.05) is 0 Å². The van der Waals surface area contributed by atoms with Gasteiger partial charge in [0.05, 0.1) is 12.5 Å². The molecule has 0 aromatic heterocycles. The van der Waals surface area contributed by atoms with Gasteiger partial charge in [-0.2, -0.15) is 0 Å². The Hall–Kier alpha value is -0.860. The van der Waals surface area contributed by atoms with Crippen LogP contribution in [-0.2, 0) is 20.0 Å². The Bertz CT molecular complexity index is 576. The van der Waals surface area contributed by atoms with E-state index in [0.717, 1.165) is 24.0 Å². The first-order valence-electron chi connectivity index (χ1n) is 6.68. The van der Waals surface area contributed by atoms with Crippen molar-refractivity contribution in [1.82, 2.24) is 20.1 Å². The van der Waals surface area contributed by atoms with Crippen molar-refractivity contribution in [2.75, 3.05) is 51.2 Å². The molecule has 0 unspecified atom stereocenters. The average molecular weight is 421 g/mol. The lowest BCUT2D eigenvalue weighted by atomic mass is 10.7. The lowest BCUT2D eigenvalue weighted by Crippen LogP contribution is -2.41. The molecule has 0 heterocycles. The minimum atomic E-state index is -3.34. The number of nitrogens with zero attached hydrogens (tertiary/aromatic N) is 2. The average Bonchev–Trinajstić information content (AvgIpc) is 2.44. The van der Waals surface area contributed by atoms with Crippen molar-refractivity contribution in [3.05, 3.63) is 0 Å². The third kappa shape index (κ3) is 14.7. The highest BCUT2D eigenvalue weighted by Crippen LogP contribution is 2.19. The monoisotopic (exact) mass is 420 g/mol. The number of sulfonamides is 2. The van der Waals surface area contributed by atoms with E-state index in [1.54, 1.807) is 21.6 Å². The molecule has 14 heteroatoms. The van der Waals surface area contributed by atoms with Gasteiger partial charge in [0.25, 0.3) is 0 Å². The van der Waals surface area contributed by atoms with E-state index < -0.39 is 20.0 Å². The maximum absolute atomic E-state index is 11.1. The van der Waals surface area contributed by atoms with Crippen molar-refractivity contribution in [2.24, 2.45) is 9.98 Å². The Morgan fingerprint density at radius 3 is 1.38 bits per heavy atom. The molecule has 0 saturated carbocycles. The number of rotatable bonds is 9. The molecule has 142 valence electrons. The molecule has 0 aromatic rings. The number of nitrogens with one attached hydrogen (secondary N) is 4. The number of hydrogen-bond acceptors (Lipinski definition) is 8. The molecule has 0 amide bonds. The van der Waals surface area contributed by atoms with E-state index in [4.69, 9.17) is 0 Å². The standard InChI is InChI=1S/C10H24N6O4S4/c1-11-9(15-23(3,17)18)13-5-7-21-22-8-6-14-10(12-2)16-24(4,19)20/h5-8H2,1-4H3,(H2,11,13,15)(H2,12,14,16). The molecule has 24 heavy (non-hydrogen) atoms. The minimum absolute atomic E-state index is 0.209. The molecular weight excluding hydrogens is 396 g/mol. The van der Waals surface area contributed by atoms with Gasteiger partial charge in [-0.25, -0.2) is 16.8 Å². The Morgan fingerprint density at radius 2 is 1.12 bits per heavy atom. The predicted molar refractivity (Wildman–Crippen MR) is 104 cm³/mol. The van der Waals surface area contributed by atoms with E-state index in [1.165, 1.54) is 14.1 Å². The van der Waals surface area contributed by atoms with Gasteiger partial charge in [-0.05, 0) is 0 Å². The predicted octanol–water partition coefficient (Wildman–Crippen LogP) is -1.38. The highest BCUT2D eigenvalue weighted by molar-refractivity contribution is 8.76. The lowest BCUT2D eigenvalue weighted by molar-refractivity contribution is 0.595. The zero-order valence-electron chi connectivity index (χ0n) is 14.0. The number of guanidine groups is 2. The van der Waals surface area contributed by atoms with Crippen LogP contribution in [-0.4, -0.2) is 80.0 Å². The molecule has 0 aliphatic heterocycles. The summed E-state index contributed by atoms with van der Waals surface area (Å²) in [5.74, 6) is 1.90. The molecule has 0 atom stereocenters. The van der Waals surface area contributed by atoms with Crippen molar-refractivity contribution in [2.45, 2.75) is 0 Å². The fourth-order valence-corrected chi connectivity index (χ4v) is 4.06. The summed E-state index contributed by atoms with van der Waals surface area (Å²) in [5.41, 5.74) is 0. The highest BCUT2D eigenvalue weighted by Gasteiger charge is 2.05. The summed E-state index contributed by atoms with van der Waals surface area (Å²) in [6.07, 6.45) is 2.12. The van der Waals surface area contributed by atoms with Crippen molar-refractivity contribution in [3.8, 4) is 0 Å². The van der Waals surface area contributed by atoms with Gasteiger partial charge >= 0.3 is 0 Å². The molecule has 0 bridgehead atoms. The Morgan fingerprint density at radius 1 is 0.792 bits per heavy atom. The fourth-order valence-electron chi connectivity index (χ4n) is 1.21. The normalized spacial score (nSPS) is 13.5. The number of aliphatic imine (C=N–C) groups is 2. The van der Waals surface area contributed by atoms with Gasteiger partial charge in [0.1, 0.15) is 0 Å². The first-order valence-corrected chi connectivity index (χ1v) is 13.0. The van der Waals surface area contributed by atoms with Crippen molar-refractivity contribution >= 4 is 53.6 Å². The van der Waals surface area contributed by atoms with Crippen LogP contribution in [0.3, 0.4) is 0 Å². The molecule has 0 spiro atoms. The molecule has 0 fully saturated rings. The second kappa shape index (κ2) is 11.7. The van der Waals surface area contributed by atoms with E-state index in [-0.39, 0.29) is 11.9 Å². The van der Waals surface area contributed by atoms with E-state index in [2.05, 4.69) is 30.1 Å². The minimum Gasteiger partial charge on any atom is -0.355 e. The Balaban J connectivity index is 3.78. The molecule has 0 aromatic carbocycles. The van der Waals surface area contributed by atoms with E-state index in [9.17, 15) is 16.8 Å². The van der Waals surface area contributed by atoms with Gasteiger partial charge in [0.15, 0.2) is 0 Å². The summed E-state index contributed by atoms with van der Waals surface area (Å²) in [7, 11) is -0.493. The van der Waals surface area contributed by atoms with E-state index in [0.29, 0.717) is 13.1 Å². The summed E-state index contributed by atoms with van der Waals surface area (Å²) >= 11 is 0. The lowest BCUT2D eigenvalue weighted by Gasteiger charge is -2.10. The molecule has 0 rings (SSSR count). The fraction of sp³-hybridized carbons (Fsp3) is 0.800. The maximum atomic E-state index is 11.1. The first-order chi connectivity index (χ1) is 11.1. The van der Waals surface area contributed by atoms with Gasteiger partial charge in [0.2, 0.25) is 32.0 Å². The second-order valence-corrected chi connectivity index (χ2v) is 10.6. The molecular formula is C10H24N6O4S4. The van der Waals surface area contributed by atoms with Crippen molar-refractivity contribution in [1.29, 1.82) is 0 Å². The van der Waals surface area contributed by atoms with Crippen LogP contribution < -0.4 is 20.1 Å². The van der Waals surface area contributed by atoms with Gasteiger partial charge in [-0.1, -0.05) is 21.6 Å². The Kier molecular flexibility index (Phi) is 11.2. The smallest absolute Gasteiger partial charge is 0.232 e. The van der Waals surface area contributed by atoms with Crippen LogP contribution in [0.1, 0.15) is 0 Å². The SMILES string of the molecule is CN=C(NCCSSCCNC(=NC)NS(C)(=O)=O)NS(C)(=O)=O. The molecule has 0 aliphatic rings. The quantitative estimate of drug-likeness (QED) is 0.155. The van der Waals surface area contributed by atoms with Crippen LogP contribution in [0.2, 0.25) is 0 Å². The van der Waals surface area contributed by atoms with Gasteiger partial charge in [-0.3, -0.25) is 19.4 Å². The van der Waals surface area contributed by atoms with E-state index >= 15 is 0 Å². The van der Waals surface area contributed by atoms with Crippen LogP contribution >= 0.6 is 21.6 Å². The van der Waals surface area contributed by atoms with Crippen molar-refractivity contribution < 1.29 is 16.8 Å². The molecule has 4 N–H and O–H groups in total. The van der Waals surface area contributed by atoms with Crippen LogP contribution in [0.5, 0.6) is 0 Å². The largest absolute Gasteiger partial charge is 0.355 e. The third-order valence-corrected chi connectivity index (χ3v) is 5.59. The van der Waals surface area contributed by atoms with Gasteiger partial charge < -0.3 is 10.6 Å². The topological polar surface area (TPSA) is 141 Å². The van der Waals surface area contributed by atoms with Crippen LogP contribution in [0.25, 0.3) is 0 Å². The summed E-state index contributed by atoms with van der Waals surface area (Å²) in [6, 6.07) is 0. The molecule has 10 nitrogen and oxygen atoms in total. The maximum Gasteiger partial charge on any atom is 0.232 e. The highest BCUT2D eigenvalue weighted by atomic mass is 33.1. The Labute approximate surface area is 151 Å². The summed E-state index contributed by atoms with van der Waals surface area (Å²) in [6.45, 7) is 1.11. The number of hydrogen-bond donors (Lipinski definition) is 4. The van der Waals surface area contributed by atoms with Crippen LogP contribution in [0.4, 0.5) is 0 Å². The zero-order valence-corrected chi connectivity index (χ0v) is 17.3. The van der Waals surface area contributed by atoms with Crippen LogP contribution in [0, 0.1) is 0 Å². The van der Waals surface area contributed by atoms with Crippen LogP contribution in [0.15, 0.2) is 9.98 Å². The molecule has 0 aliphatic carbocycles. The third-order valence-electron chi connectivity index (χ3n) is 2.05. The summed E-state index contributed by atoms with van der Waals surface area (Å²) in [4.78, 5) is 7.60. The second-order valence-electron chi connectivity index (χ2n) is 4.39. The molecule has 0 saturated heterocycles. The van der Waals surface area contributed by atoms with Crippen molar-refractivity contribution in [3.63, 3.8) is 0 Å². The summed E-state index contributed by atoms with van der Waals surface area (Å²) in [5, 5.41) is 5.77. The van der Waals surface area contributed by atoms with Gasteiger partial charge in [0, 0.05) is 38.7 Å². The van der Waals surface area contributed by atoms with Gasteiger partial charge in [-0.15, -0.1) is 0 Å². The summed E-state index contributed by atoms with van der Waals surface area (Å²) < 4.78 is 48.8. The first kappa shape index (κ1) is 23.1.